The fourth-order valence-electron chi connectivity index (χ4n) is 2.77. The Balaban J connectivity index is 1.98. The Morgan fingerprint density at radius 1 is 1.17 bits per heavy atom. The third-order valence-corrected chi connectivity index (χ3v) is 4.72. The Morgan fingerprint density at radius 2 is 1.92 bits per heavy atom. The summed E-state index contributed by atoms with van der Waals surface area (Å²) in [6, 6.07) is 5.74. The number of carbonyl (C=O) groups is 1. The molecule has 0 aliphatic carbocycles. The molecule has 8 heteroatoms. The van der Waals surface area contributed by atoms with Gasteiger partial charge >= 0.3 is 0 Å². The zero-order valence-electron chi connectivity index (χ0n) is 12.4. The van der Waals surface area contributed by atoms with Crippen LogP contribution in [0.2, 0.25) is 10.0 Å². The van der Waals surface area contributed by atoms with Gasteiger partial charge in [-0.05, 0) is 17.7 Å². The second-order valence-corrected chi connectivity index (χ2v) is 6.37. The number of hydrogen-bond acceptors (Lipinski definition) is 4. The number of halogens is 2. The second kappa shape index (κ2) is 6.47. The minimum absolute atomic E-state index is 0.118. The Morgan fingerprint density at radius 3 is 2.58 bits per heavy atom. The van der Waals surface area contributed by atoms with Crippen LogP contribution in [0.5, 0.6) is 5.75 Å². The molecule has 1 atom stereocenters. The molecule has 2 heterocycles. The maximum atomic E-state index is 12.7. The van der Waals surface area contributed by atoms with Gasteiger partial charge in [0.1, 0.15) is 0 Å². The highest BCUT2D eigenvalue weighted by atomic mass is 35.5. The molecule has 24 heavy (non-hydrogen) atoms. The zero-order valence-corrected chi connectivity index (χ0v) is 14.0. The van der Waals surface area contributed by atoms with Gasteiger partial charge in [0.2, 0.25) is 5.43 Å². The number of carbonyl (C=O) groups excluding carboxylic acids is 1. The predicted molar refractivity (Wildman–Crippen MR) is 89.7 cm³/mol. The van der Waals surface area contributed by atoms with Gasteiger partial charge in [0.25, 0.3) is 5.91 Å². The smallest absolute Gasteiger partial charge is 0.274 e. The molecule has 1 aromatic heterocycles. The van der Waals surface area contributed by atoms with Crippen molar-refractivity contribution in [2.45, 2.75) is 12.6 Å². The first-order chi connectivity index (χ1) is 11.4. The third kappa shape index (κ3) is 2.88. The highest BCUT2D eigenvalue weighted by molar-refractivity contribution is 6.42. The average molecular weight is 369 g/mol. The molecule has 1 amide bonds. The molecule has 0 radical (unpaired) electrons. The van der Waals surface area contributed by atoms with Gasteiger partial charge in [0.05, 0.1) is 22.7 Å². The van der Waals surface area contributed by atoms with E-state index in [0.717, 1.165) is 5.56 Å². The lowest BCUT2D eigenvalue weighted by atomic mass is 10.1. The summed E-state index contributed by atoms with van der Waals surface area (Å²) in [4.78, 5) is 25.8. The molecular formula is C16H14Cl2N2O4. The van der Waals surface area contributed by atoms with Crippen molar-refractivity contribution in [3.05, 3.63) is 62.0 Å². The molecule has 1 aliphatic heterocycles. The van der Waals surface area contributed by atoms with Crippen LogP contribution in [0.4, 0.5) is 0 Å². The number of aliphatic hydroxyl groups excluding tert-OH is 1. The number of aliphatic hydroxyl groups is 1. The van der Waals surface area contributed by atoms with Gasteiger partial charge in [0.15, 0.2) is 11.4 Å². The van der Waals surface area contributed by atoms with E-state index in [0.29, 0.717) is 10.0 Å². The van der Waals surface area contributed by atoms with E-state index in [-0.39, 0.29) is 25.4 Å². The van der Waals surface area contributed by atoms with Gasteiger partial charge in [-0.1, -0.05) is 29.3 Å². The average Bonchev–Trinajstić information content (AvgIpc) is 2.56. The molecule has 0 fully saturated rings. The molecule has 0 saturated carbocycles. The standard InChI is InChI=1S/C16H14Cl2N2O4/c17-11-2-1-9(5-12(11)18)6-19-7-10(8-21)20-4-3-13(22)15(23)14(20)16(19)24/h1-5,10,21,23H,6-8H2. The fourth-order valence-corrected chi connectivity index (χ4v) is 3.09. The largest absolute Gasteiger partial charge is 0.503 e. The highest BCUT2D eigenvalue weighted by Gasteiger charge is 2.33. The number of nitrogens with zero attached hydrogens (tertiary/aromatic N) is 2. The van der Waals surface area contributed by atoms with Crippen molar-refractivity contribution in [1.29, 1.82) is 0 Å². The Bertz CT molecular complexity index is 866. The summed E-state index contributed by atoms with van der Waals surface area (Å²) in [5.74, 6) is -1.10. The van der Waals surface area contributed by atoms with Crippen molar-refractivity contribution in [3.63, 3.8) is 0 Å². The number of rotatable bonds is 3. The Labute approximate surface area is 147 Å². The topological polar surface area (TPSA) is 82.8 Å². The molecular weight excluding hydrogens is 355 g/mol. The quantitative estimate of drug-likeness (QED) is 0.868. The lowest BCUT2D eigenvalue weighted by molar-refractivity contribution is 0.0599. The van der Waals surface area contributed by atoms with Crippen LogP contribution in [0, 0.1) is 0 Å². The van der Waals surface area contributed by atoms with Gasteiger partial charge in [-0.15, -0.1) is 0 Å². The SMILES string of the molecule is O=C1c2c(O)c(=O)ccn2C(CO)CN1Cc1ccc(Cl)c(Cl)c1. The molecule has 6 nitrogen and oxygen atoms in total. The number of hydrogen-bond donors (Lipinski definition) is 2. The summed E-state index contributed by atoms with van der Waals surface area (Å²) >= 11 is 11.9. The second-order valence-electron chi connectivity index (χ2n) is 5.56. The first-order valence-corrected chi connectivity index (χ1v) is 7.96. The lowest BCUT2D eigenvalue weighted by Gasteiger charge is -2.35. The molecule has 0 spiro atoms. The maximum absolute atomic E-state index is 12.7. The van der Waals surface area contributed by atoms with Crippen molar-refractivity contribution >= 4 is 29.1 Å². The molecule has 3 rings (SSSR count). The molecule has 0 bridgehead atoms. The molecule has 2 N–H and O–H groups in total. The number of fused-ring (bicyclic) bond motifs is 1. The first-order valence-electron chi connectivity index (χ1n) is 7.20. The summed E-state index contributed by atoms with van der Waals surface area (Å²) in [5, 5.41) is 20.4. The van der Waals surface area contributed by atoms with Crippen LogP contribution >= 0.6 is 23.2 Å². The van der Waals surface area contributed by atoms with Gasteiger partial charge in [-0.3, -0.25) is 9.59 Å². The molecule has 126 valence electrons. The number of aromatic hydroxyl groups is 1. The molecule has 0 saturated heterocycles. The lowest BCUT2D eigenvalue weighted by Crippen LogP contribution is -2.44. The number of aromatic nitrogens is 1. The van der Waals surface area contributed by atoms with E-state index in [1.165, 1.54) is 21.7 Å². The van der Waals surface area contributed by atoms with E-state index in [2.05, 4.69) is 0 Å². The Kier molecular flexibility index (Phi) is 4.54. The van der Waals surface area contributed by atoms with Gasteiger partial charge in [0, 0.05) is 25.4 Å². The summed E-state index contributed by atoms with van der Waals surface area (Å²) in [6.07, 6.45) is 1.41. The zero-order chi connectivity index (χ0) is 17.4. The summed E-state index contributed by atoms with van der Waals surface area (Å²) < 4.78 is 1.43. The van der Waals surface area contributed by atoms with Crippen molar-refractivity contribution in [2.75, 3.05) is 13.2 Å². The summed E-state index contributed by atoms with van der Waals surface area (Å²) in [7, 11) is 0. The normalized spacial score (nSPS) is 17.0. The third-order valence-electron chi connectivity index (χ3n) is 3.98. The van der Waals surface area contributed by atoms with Crippen LogP contribution in [0.15, 0.2) is 35.3 Å². The van der Waals surface area contributed by atoms with Crippen LogP contribution < -0.4 is 5.43 Å². The number of amides is 1. The van der Waals surface area contributed by atoms with E-state index < -0.39 is 23.1 Å². The van der Waals surface area contributed by atoms with Gasteiger partial charge in [-0.25, -0.2) is 0 Å². The van der Waals surface area contributed by atoms with E-state index in [9.17, 15) is 19.8 Å². The highest BCUT2D eigenvalue weighted by Crippen LogP contribution is 2.28. The van der Waals surface area contributed by atoms with Crippen molar-refractivity contribution < 1.29 is 15.0 Å². The van der Waals surface area contributed by atoms with Crippen LogP contribution in [0.25, 0.3) is 0 Å². The van der Waals surface area contributed by atoms with Crippen molar-refractivity contribution in [2.24, 2.45) is 0 Å². The molecule has 1 unspecified atom stereocenters. The van der Waals surface area contributed by atoms with Gasteiger partial charge in [-0.2, -0.15) is 0 Å². The van der Waals surface area contributed by atoms with E-state index in [1.54, 1.807) is 18.2 Å². The van der Waals surface area contributed by atoms with E-state index in [4.69, 9.17) is 23.2 Å². The van der Waals surface area contributed by atoms with Crippen LogP contribution in [0.3, 0.4) is 0 Å². The fraction of sp³-hybridized carbons (Fsp3) is 0.250. The Hall–Kier alpha value is -2.02. The molecule has 1 aromatic carbocycles. The van der Waals surface area contributed by atoms with E-state index >= 15 is 0 Å². The maximum Gasteiger partial charge on any atom is 0.274 e. The minimum atomic E-state index is -0.636. The minimum Gasteiger partial charge on any atom is -0.503 e. The monoisotopic (exact) mass is 368 g/mol. The van der Waals surface area contributed by atoms with Gasteiger partial charge < -0.3 is 19.7 Å². The number of benzene rings is 1. The molecule has 2 aromatic rings. The van der Waals surface area contributed by atoms with Crippen molar-refractivity contribution in [1.82, 2.24) is 9.47 Å². The molecule has 1 aliphatic rings. The van der Waals surface area contributed by atoms with Crippen molar-refractivity contribution in [3.8, 4) is 5.75 Å². The summed E-state index contributed by atoms with van der Waals surface area (Å²) in [5.41, 5.74) is -0.00352. The van der Waals surface area contributed by atoms with E-state index in [1.807, 2.05) is 0 Å². The first kappa shape index (κ1) is 16.8. The number of pyridine rings is 1. The van der Waals surface area contributed by atoms with Crippen LogP contribution in [0.1, 0.15) is 22.1 Å². The predicted octanol–water partition coefficient (Wildman–Crippen LogP) is 2.05. The van der Waals surface area contributed by atoms with Crippen LogP contribution in [-0.2, 0) is 6.54 Å². The summed E-state index contributed by atoms with van der Waals surface area (Å²) in [6.45, 7) is 0.222. The van der Waals surface area contributed by atoms with Crippen LogP contribution in [-0.4, -0.2) is 38.7 Å².